The number of halogens is 3. The predicted molar refractivity (Wildman–Crippen MR) is 77.5 cm³/mol. The van der Waals surface area contributed by atoms with Gasteiger partial charge in [-0.1, -0.05) is 18.2 Å². The van der Waals surface area contributed by atoms with Crippen molar-refractivity contribution in [2.45, 2.75) is 43.9 Å². The van der Waals surface area contributed by atoms with E-state index in [4.69, 9.17) is 0 Å². The third-order valence-electron chi connectivity index (χ3n) is 4.34. The van der Waals surface area contributed by atoms with Gasteiger partial charge in [0, 0.05) is 17.8 Å². The Kier molecular flexibility index (Phi) is 3.62. The van der Waals surface area contributed by atoms with Crippen LogP contribution in [-0.2, 0) is 6.18 Å². The zero-order valence-corrected chi connectivity index (χ0v) is 12.0. The van der Waals surface area contributed by atoms with Gasteiger partial charge in [-0.3, -0.25) is 0 Å². The molecule has 2 bridgehead atoms. The molecule has 3 rings (SSSR count). The van der Waals surface area contributed by atoms with Crippen molar-refractivity contribution in [1.82, 2.24) is 4.90 Å². The van der Waals surface area contributed by atoms with Crippen LogP contribution in [-0.4, -0.2) is 23.0 Å². The first kappa shape index (κ1) is 14.9. The fourth-order valence-electron chi connectivity index (χ4n) is 3.40. The normalized spacial score (nSPS) is 24.5. The van der Waals surface area contributed by atoms with Gasteiger partial charge in [0.1, 0.15) is 0 Å². The lowest BCUT2D eigenvalue weighted by Crippen LogP contribution is -2.46. The molecule has 2 heterocycles. The lowest BCUT2D eigenvalue weighted by molar-refractivity contribution is -0.137. The largest absolute Gasteiger partial charge is 0.416 e. The molecule has 0 aromatic heterocycles. The number of hydrogen-bond donors (Lipinski definition) is 1. The minimum Gasteiger partial charge on any atom is -0.318 e. The van der Waals surface area contributed by atoms with Gasteiger partial charge in [-0.05, 0) is 43.9 Å². The second-order valence-corrected chi connectivity index (χ2v) is 5.96. The van der Waals surface area contributed by atoms with Crippen LogP contribution in [0.25, 0.3) is 0 Å². The Balaban J connectivity index is 1.74. The number of anilines is 1. The molecule has 2 saturated heterocycles. The third-order valence-corrected chi connectivity index (χ3v) is 4.34. The third kappa shape index (κ3) is 2.82. The van der Waals surface area contributed by atoms with Crippen molar-refractivity contribution < 1.29 is 18.0 Å². The average Bonchev–Trinajstić information content (AvgIpc) is 2.70. The fraction of sp³-hybridized carbons (Fsp3) is 0.438. The number of benzene rings is 1. The molecule has 1 N–H and O–H groups in total. The summed E-state index contributed by atoms with van der Waals surface area (Å²) in [6.07, 6.45) is -0.985. The molecule has 2 aliphatic rings. The summed E-state index contributed by atoms with van der Waals surface area (Å²) in [7, 11) is 0. The van der Waals surface area contributed by atoms with Crippen LogP contribution in [0.5, 0.6) is 0 Å². The van der Waals surface area contributed by atoms with Crippen molar-refractivity contribution in [3.63, 3.8) is 0 Å². The fourth-order valence-corrected chi connectivity index (χ4v) is 3.40. The molecule has 0 saturated carbocycles. The Morgan fingerprint density at radius 1 is 1.23 bits per heavy atom. The number of amides is 2. The topological polar surface area (TPSA) is 32.3 Å². The number of rotatable bonds is 1. The van der Waals surface area contributed by atoms with E-state index in [-0.39, 0.29) is 23.8 Å². The second kappa shape index (κ2) is 5.34. The van der Waals surface area contributed by atoms with Gasteiger partial charge >= 0.3 is 12.2 Å². The Bertz CT molecular complexity index is 596. The zero-order valence-electron chi connectivity index (χ0n) is 12.0. The van der Waals surface area contributed by atoms with Gasteiger partial charge in [0.2, 0.25) is 0 Å². The zero-order chi connectivity index (χ0) is 15.9. The molecule has 118 valence electrons. The summed E-state index contributed by atoms with van der Waals surface area (Å²) in [6, 6.07) is 4.64. The van der Waals surface area contributed by atoms with E-state index in [0.717, 1.165) is 43.4 Å². The van der Waals surface area contributed by atoms with E-state index in [9.17, 15) is 18.0 Å². The molecule has 0 spiro atoms. The van der Waals surface area contributed by atoms with Gasteiger partial charge in [0.05, 0.1) is 5.56 Å². The van der Waals surface area contributed by atoms with E-state index < -0.39 is 11.7 Å². The summed E-state index contributed by atoms with van der Waals surface area (Å²) in [4.78, 5) is 14.2. The summed E-state index contributed by atoms with van der Waals surface area (Å²) in [5.74, 6) is 0. The molecule has 22 heavy (non-hydrogen) atoms. The first-order valence-electron chi connectivity index (χ1n) is 7.28. The minimum absolute atomic E-state index is 0.122. The van der Waals surface area contributed by atoms with E-state index in [1.165, 1.54) is 12.1 Å². The highest BCUT2D eigenvalue weighted by atomic mass is 19.4. The predicted octanol–water partition coefficient (Wildman–Crippen LogP) is 4.42. The van der Waals surface area contributed by atoms with Gasteiger partial charge in [-0.15, -0.1) is 0 Å². The standard InChI is InChI=1S/C16H17F3N2O/c1-10-7-13-5-6-14(8-10)21(13)15(22)20-12-4-2-3-11(9-12)16(17,18)19/h2-4,9,13-14H,1,5-8H2,(H,20,22). The maximum Gasteiger partial charge on any atom is 0.416 e. The van der Waals surface area contributed by atoms with Gasteiger partial charge in [0.25, 0.3) is 0 Å². The van der Waals surface area contributed by atoms with Crippen LogP contribution in [0.2, 0.25) is 0 Å². The summed E-state index contributed by atoms with van der Waals surface area (Å²) < 4.78 is 38.1. The van der Waals surface area contributed by atoms with E-state index in [1.807, 2.05) is 0 Å². The van der Waals surface area contributed by atoms with Crippen LogP contribution < -0.4 is 5.32 Å². The van der Waals surface area contributed by atoms with E-state index in [1.54, 1.807) is 4.90 Å². The number of carbonyl (C=O) groups is 1. The second-order valence-electron chi connectivity index (χ2n) is 5.96. The number of hydrogen-bond acceptors (Lipinski definition) is 1. The van der Waals surface area contributed by atoms with Crippen LogP contribution in [0.4, 0.5) is 23.7 Å². The van der Waals surface area contributed by atoms with Gasteiger partial charge in [0.15, 0.2) is 0 Å². The molecular weight excluding hydrogens is 293 g/mol. The van der Waals surface area contributed by atoms with Crippen molar-refractivity contribution >= 4 is 11.7 Å². The van der Waals surface area contributed by atoms with Crippen molar-refractivity contribution in [3.8, 4) is 0 Å². The van der Waals surface area contributed by atoms with Crippen LogP contribution >= 0.6 is 0 Å². The van der Waals surface area contributed by atoms with Crippen molar-refractivity contribution in [1.29, 1.82) is 0 Å². The first-order valence-corrected chi connectivity index (χ1v) is 7.28. The highest BCUT2D eigenvalue weighted by molar-refractivity contribution is 5.90. The highest BCUT2D eigenvalue weighted by Crippen LogP contribution is 2.38. The minimum atomic E-state index is -4.41. The molecular formula is C16H17F3N2O. The molecule has 2 aliphatic heterocycles. The molecule has 6 heteroatoms. The summed E-state index contributed by atoms with van der Waals surface area (Å²) in [5.41, 5.74) is 0.555. The number of fused-ring (bicyclic) bond motifs is 2. The average molecular weight is 310 g/mol. The molecule has 2 amide bonds. The quantitative estimate of drug-likeness (QED) is 0.765. The molecule has 2 fully saturated rings. The number of nitrogens with zero attached hydrogens (tertiary/aromatic N) is 1. The van der Waals surface area contributed by atoms with E-state index in [2.05, 4.69) is 11.9 Å². The van der Waals surface area contributed by atoms with Gasteiger partial charge < -0.3 is 10.2 Å². The molecule has 1 aromatic carbocycles. The molecule has 2 unspecified atom stereocenters. The highest BCUT2D eigenvalue weighted by Gasteiger charge is 2.41. The molecule has 0 radical (unpaired) electrons. The number of alkyl halides is 3. The number of carbonyl (C=O) groups excluding carboxylic acids is 1. The number of nitrogens with one attached hydrogen (secondary N) is 1. The van der Waals surface area contributed by atoms with E-state index in [0.29, 0.717) is 0 Å². The summed E-state index contributed by atoms with van der Waals surface area (Å²) in [5, 5.41) is 2.60. The van der Waals surface area contributed by atoms with Gasteiger partial charge in [-0.2, -0.15) is 13.2 Å². The molecule has 3 nitrogen and oxygen atoms in total. The Labute approximate surface area is 126 Å². The molecule has 0 aliphatic carbocycles. The number of urea groups is 1. The molecule has 2 atom stereocenters. The van der Waals surface area contributed by atoms with E-state index >= 15 is 0 Å². The Morgan fingerprint density at radius 2 is 1.86 bits per heavy atom. The smallest absolute Gasteiger partial charge is 0.318 e. The maximum atomic E-state index is 12.7. The maximum absolute atomic E-state index is 12.7. The van der Waals surface area contributed by atoms with Crippen molar-refractivity contribution in [2.24, 2.45) is 0 Å². The van der Waals surface area contributed by atoms with Gasteiger partial charge in [-0.25, -0.2) is 4.79 Å². The van der Waals surface area contributed by atoms with Crippen LogP contribution in [0.3, 0.4) is 0 Å². The summed E-state index contributed by atoms with van der Waals surface area (Å²) >= 11 is 0. The molecule has 1 aromatic rings. The lowest BCUT2D eigenvalue weighted by Gasteiger charge is -2.35. The van der Waals surface area contributed by atoms with Crippen LogP contribution in [0.1, 0.15) is 31.2 Å². The Morgan fingerprint density at radius 3 is 2.45 bits per heavy atom. The SMILES string of the molecule is C=C1CC2CCC(C1)N2C(=O)Nc1cccc(C(F)(F)F)c1. The first-order chi connectivity index (χ1) is 10.3. The number of piperidine rings is 1. The Hall–Kier alpha value is -1.98. The van der Waals surface area contributed by atoms with Crippen LogP contribution in [0, 0.1) is 0 Å². The lowest BCUT2D eigenvalue weighted by atomic mass is 9.99. The van der Waals surface area contributed by atoms with Crippen molar-refractivity contribution in [3.05, 3.63) is 42.0 Å². The summed E-state index contributed by atoms with van der Waals surface area (Å²) in [6.45, 7) is 3.99. The monoisotopic (exact) mass is 310 g/mol. The van der Waals surface area contributed by atoms with Crippen molar-refractivity contribution in [2.75, 3.05) is 5.32 Å². The van der Waals surface area contributed by atoms with Crippen LogP contribution in [0.15, 0.2) is 36.4 Å².